The summed E-state index contributed by atoms with van der Waals surface area (Å²) in [6.45, 7) is 0.968. The Kier molecular flexibility index (Phi) is 4.06. The van der Waals surface area contributed by atoms with Crippen LogP contribution < -0.4 is 5.32 Å². The summed E-state index contributed by atoms with van der Waals surface area (Å²) in [4.78, 5) is 9.11. The Morgan fingerprint density at radius 3 is 2.73 bits per heavy atom. The van der Waals surface area contributed by atoms with E-state index < -0.39 is 6.10 Å². The first-order valence-electron chi connectivity index (χ1n) is 9.59. The maximum absolute atomic E-state index is 10.1. The van der Waals surface area contributed by atoms with E-state index in [4.69, 9.17) is 26.4 Å². The quantitative estimate of drug-likeness (QED) is 0.855. The Bertz CT molecular complexity index is 803. The van der Waals surface area contributed by atoms with Crippen molar-refractivity contribution >= 4 is 23.1 Å². The van der Waals surface area contributed by atoms with Gasteiger partial charge >= 0.3 is 0 Å². The van der Waals surface area contributed by atoms with Crippen LogP contribution in [0.4, 0.5) is 5.95 Å². The molecule has 140 valence electrons. The Morgan fingerprint density at radius 2 is 2.00 bits per heavy atom. The summed E-state index contributed by atoms with van der Waals surface area (Å²) >= 11 is 6.41. The van der Waals surface area contributed by atoms with E-state index in [0.717, 1.165) is 23.7 Å². The Hall–Kier alpha value is -1.44. The molecule has 0 aromatic carbocycles. The highest BCUT2D eigenvalue weighted by Crippen LogP contribution is 2.51. The Morgan fingerprint density at radius 1 is 1.23 bits per heavy atom. The second-order valence-corrected chi connectivity index (χ2v) is 8.41. The van der Waals surface area contributed by atoms with Crippen LogP contribution in [0.3, 0.4) is 0 Å². The Balaban J connectivity index is 1.51. The van der Waals surface area contributed by atoms with Crippen LogP contribution in [0.15, 0.2) is 6.20 Å². The molecule has 0 unspecified atom stereocenters. The SMILES string of the molecule is O[C@@H]1COCC[C@H]1Nc1ncc2c(Cl)nc(C34CCC(CC3)CC4)n2n1. The molecule has 0 radical (unpaired) electrons. The number of halogens is 1. The highest BCUT2D eigenvalue weighted by Gasteiger charge is 2.45. The van der Waals surface area contributed by atoms with Gasteiger partial charge in [0, 0.05) is 12.0 Å². The lowest BCUT2D eigenvalue weighted by Gasteiger charge is -2.45. The van der Waals surface area contributed by atoms with Crippen LogP contribution in [0.1, 0.15) is 50.8 Å². The van der Waals surface area contributed by atoms with Gasteiger partial charge in [-0.2, -0.15) is 0 Å². The predicted octanol–water partition coefficient (Wildman–Crippen LogP) is 2.56. The molecule has 4 fully saturated rings. The number of aromatic nitrogens is 4. The third-order valence-electron chi connectivity index (χ3n) is 6.56. The molecule has 3 aliphatic carbocycles. The van der Waals surface area contributed by atoms with Gasteiger partial charge in [0.15, 0.2) is 5.15 Å². The highest BCUT2D eigenvalue weighted by atomic mass is 35.5. The molecule has 26 heavy (non-hydrogen) atoms. The van der Waals surface area contributed by atoms with Crippen molar-refractivity contribution in [3.63, 3.8) is 0 Å². The van der Waals surface area contributed by atoms with E-state index in [-0.39, 0.29) is 11.5 Å². The van der Waals surface area contributed by atoms with Gasteiger partial charge in [-0.1, -0.05) is 11.6 Å². The molecule has 0 spiro atoms. The molecule has 1 aliphatic heterocycles. The van der Waals surface area contributed by atoms with Crippen molar-refractivity contribution in [1.29, 1.82) is 0 Å². The minimum atomic E-state index is -0.555. The van der Waals surface area contributed by atoms with Gasteiger partial charge in [-0.25, -0.2) is 14.5 Å². The number of imidazole rings is 1. The second-order valence-electron chi connectivity index (χ2n) is 8.05. The van der Waals surface area contributed by atoms with Crippen molar-refractivity contribution in [3.05, 3.63) is 17.2 Å². The summed E-state index contributed by atoms with van der Waals surface area (Å²) in [6.07, 6.45) is 9.22. The molecule has 0 amide bonds. The molecule has 2 aromatic rings. The van der Waals surface area contributed by atoms with E-state index in [1.165, 1.54) is 38.5 Å². The lowest BCUT2D eigenvalue weighted by atomic mass is 9.60. The maximum Gasteiger partial charge on any atom is 0.241 e. The van der Waals surface area contributed by atoms with E-state index in [1.807, 2.05) is 4.52 Å². The normalized spacial score (nSPS) is 34.3. The standard InChI is InChI=1S/C18H24ClN5O2/c19-15-13-9-20-17(21-12-4-8-26-10-14(12)25)23-24(13)16(22-15)18-5-1-11(2-6-18)3-7-18/h9,11-12,14,25H,1-8,10H2,(H,21,23)/t11?,12-,14-,18?/m1/s1. The molecule has 6 rings (SSSR count). The van der Waals surface area contributed by atoms with Crippen LogP contribution in [0.5, 0.6) is 0 Å². The number of ether oxygens (including phenoxy) is 1. The average Bonchev–Trinajstić information content (AvgIpc) is 3.02. The van der Waals surface area contributed by atoms with E-state index in [1.54, 1.807) is 6.20 Å². The molecule has 7 nitrogen and oxygen atoms in total. The number of nitrogens with one attached hydrogen (secondary N) is 1. The minimum Gasteiger partial charge on any atom is -0.389 e. The largest absolute Gasteiger partial charge is 0.389 e. The van der Waals surface area contributed by atoms with Crippen molar-refractivity contribution in [2.24, 2.45) is 5.92 Å². The van der Waals surface area contributed by atoms with Gasteiger partial charge in [0.1, 0.15) is 11.3 Å². The fourth-order valence-electron chi connectivity index (χ4n) is 4.90. The summed E-state index contributed by atoms with van der Waals surface area (Å²) in [5.41, 5.74) is 0.844. The summed E-state index contributed by atoms with van der Waals surface area (Å²) in [6, 6.07) is -0.105. The van der Waals surface area contributed by atoms with Crippen LogP contribution in [0.25, 0.3) is 5.52 Å². The summed E-state index contributed by atoms with van der Waals surface area (Å²) in [7, 11) is 0. The zero-order valence-electron chi connectivity index (χ0n) is 14.7. The first kappa shape index (κ1) is 16.7. The first-order valence-corrected chi connectivity index (χ1v) is 9.96. The lowest BCUT2D eigenvalue weighted by molar-refractivity contribution is -0.0136. The van der Waals surface area contributed by atoms with Crippen molar-refractivity contribution < 1.29 is 9.84 Å². The van der Waals surface area contributed by atoms with Gasteiger partial charge in [0.25, 0.3) is 0 Å². The zero-order valence-corrected chi connectivity index (χ0v) is 15.5. The molecule has 2 atom stereocenters. The van der Waals surface area contributed by atoms with Crippen LogP contribution in [0, 0.1) is 5.92 Å². The van der Waals surface area contributed by atoms with Crippen molar-refractivity contribution in [2.75, 3.05) is 18.5 Å². The van der Waals surface area contributed by atoms with E-state index in [2.05, 4.69) is 10.3 Å². The van der Waals surface area contributed by atoms with E-state index in [0.29, 0.717) is 24.3 Å². The number of rotatable bonds is 3. The fraction of sp³-hybridized carbons (Fsp3) is 0.722. The van der Waals surface area contributed by atoms with Gasteiger partial charge in [-0.3, -0.25) is 0 Å². The molecule has 2 bridgehead atoms. The average molecular weight is 378 g/mol. The van der Waals surface area contributed by atoms with Crippen molar-refractivity contribution in [2.45, 2.75) is 62.5 Å². The minimum absolute atomic E-state index is 0.0919. The van der Waals surface area contributed by atoms with Gasteiger partial charge in [-0.05, 0) is 50.9 Å². The van der Waals surface area contributed by atoms with Gasteiger partial charge in [0.2, 0.25) is 5.95 Å². The molecule has 2 aromatic heterocycles. The van der Waals surface area contributed by atoms with Crippen LogP contribution in [-0.2, 0) is 10.2 Å². The molecule has 8 heteroatoms. The number of fused-ring (bicyclic) bond motifs is 4. The predicted molar refractivity (Wildman–Crippen MR) is 97.5 cm³/mol. The van der Waals surface area contributed by atoms with E-state index >= 15 is 0 Å². The molecule has 3 saturated carbocycles. The molecule has 3 heterocycles. The number of aliphatic hydroxyl groups excluding tert-OH is 1. The Labute approximate surface area is 157 Å². The third kappa shape index (κ3) is 2.68. The number of nitrogens with zero attached hydrogens (tertiary/aromatic N) is 4. The van der Waals surface area contributed by atoms with Crippen molar-refractivity contribution in [1.82, 2.24) is 19.6 Å². The topological polar surface area (TPSA) is 84.6 Å². The molecule has 1 saturated heterocycles. The fourth-order valence-corrected chi connectivity index (χ4v) is 5.11. The summed E-state index contributed by atoms with van der Waals surface area (Å²) in [5, 5.41) is 18.5. The number of hydrogen-bond acceptors (Lipinski definition) is 6. The third-order valence-corrected chi connectivity index (χ3v) is 6.83. The van der Waals surface area contributed by atoms with Crippen LogP contribution in [0.2, 0.25) is 5.15 Å². The van der Waals surface area contributed by atoms with E-state index in [9.17, 15) is 5.11 Å². The number of hydrogen-bond donors (Lipinski definition) is 2. The summed E-state index contributed by atoms with van der Waals surface area (Å²) < 4.78 is 7.17. The van der Waals surface area contributed by atoms with Crippen LogP contribution >= 0.6 is 11.6 Å². The molecular weight excluding hydrogens is 354 g/mol. The van der Waals surface area contributed by atoms with Gasteiger partial charge in [-0.15, -0.1) is 5.10 Å². The monoisotopic (exact) mass is 377 g/mol. The lowest BCUT2D eigenvalue weighted by Crippen LogP contribution is -2.42. The zero-order chi connectivity index (χ0) is 17.7. The molecular formula is C18H24ClN5O2. The smallest absolute Gasteiger partial charge is 0.241 e. The van der Waals surface area contributed by atoms with Gasteiger partial charge in [0.05, 0.1) is 24.9 Å². The van der Waals surface area contributed by atoms with Gasteiger partial charge < -0.3 is 15.2 Å². The summed E-state index contributed by atoms with van der Waals surface area (Å²) in [5.74, 6) is 2.37. The first-order chi connectivity index (χ1) is 12.6. The number of aliphatic hydroxyl groups is 1. The highest BCUT2D eigenvalue weighted by molar-refractivity contribution is 6.32. The molecule has 2 N–H and O–H groups in total. The molecule has 4 aliphatic rings. The number of anilines is 1. The maximum atomic E-state index is 10.1. The van der Waals surface area contributed by atoms with Crippen LogP contribution in [-0.4, -0.2) is 50.0 Å². The van der Waals surface area contributed by atoms with Crippen molar-refractivity contribution in [3.8, 4) is 0 Å². The second kappa shape index (κ2) is 6.32.